The van der Waals surface area contributed by atoms with E-state index in [1.165, 1.54) is 5.19 Å². The minimum Gasteiger partial charge on any atom is -0.358 e. The first kappa shape index (κ1) is 23.5. The summed E-state index contributed by atoms with van der Waals surface area (Å²) in [5, 5.41) is 1.52. The van der Waals surface area contributed by atoms with Crippen molar-refractivity contribution < 1.29 is 19.5 Å². The molecule has 0 aliphatic carbocycles. The van der Waals surface area contributed by atoms with Crippen LogP contribution in [0.5, 0.6) is 0 Å². The second-order valence-corrected chi connectivity index (χ2v) is 4.94. The molecule has 64 valence electrons. The molecule has 1 aromatic rings. The fourth-order valence-corrected chi connectivity index (χ4v) is 1.63. The van der Waals surface area contributed by atoms with E-state index < -0.39 is 0 Å². The summed E-state index contributed by atoms with van der Waals surface area (Å²) in [5.41, 5.74) is 0. The quantitative estimate of drug-likeness (QED) is 0.519. The van der Waals surface area contributed by atoms with Gasteiger partial charge in [0.25, 0.3) is 0 Å². The van der Waals surface area contributed by atoms with Gasteiger partial charge in [0.2, 0.25) is 0 Å². The van der Waals surface area contributed by atoms with Crippen molar-refractivity contribution in [1.82, 2.24) is 0 Å². The van der Waals surface area contributed by atoms with Crippen LogP contribution in [-0.2, 0) is 19.5 Å². The van der Waals surface area contributed by atoms with Gasteiger partial charge in [-0.1, -0.05) is 48.6 Å². The van der Waals surface area contributed by atoms with E-state index in [-0.39, 0.29) is 62.0 Å². The first-order chi connectivity index (χ1) is 4.30. The maximum absolute atomic E-state index is 2.31. The van der Waals surface area contributed by atoms with Crippen molar-refractivity contribution in [2.45, 2.75) is 13.1 Å². The van der Waals surface area contributed by atoms with Gasteiger partial charge in [-0.05, 0) is 0 Å². The Morgan fingerprint density at radius 2 is 1.31 bits per heavy atom. The minimum absolute atomic E-state index is 0. The van der Waals surface area contributed by atoms with E-state index in [1.54, 1.807) is 0 Å². The van der Waals surface area contributed by atoms with Crippen LogP contribution in [0, 0.1) is 14.9 Å². The van der Waals surface area contributed by atoms with Crippen molar-refractivity contribution >= 4 is 32.8 Å². The predicted molar refractivity (Wildman–Crippen MR) is 62.1 cm³/mol. The molecule has 0 bridgehead atoms. The van der Waals surface area contributed by atoms with E-state index in [1.807, 2.05) is 0 Å². The van der Waals surface area contributed by atoms with Crippen LogP contribution < -0.4 is 5.19 Å². The van der Waals surface area contributed by atoms with Crippen molar-refractivity contribution in [3.8, 4) is 0 Å². The van der Waals surface area contributed by atoms with Gasteiger partial charge in [-0.25, -0.2) is 0 Å². The van der Waals surface area contributed by atoms with Gasteiger partial charge in [0.1, 0.15) is 0 Å². The van der Waals surface area contributed by atoms with Crippen LogP contribution in [0.2, 0.25) is 13.1 Å². The van der Waals surface area contributed by atoms with Crippen LogP contribution in [0.1, 0.15) is 0 Å². The number of hydrogen-bond acceptors (Lipinski definition) is 0. The summed E-state index contributed by atoms with van der Waals surface area (Å²) >= 11 is 0. The minimum atomic E-state index is -0.212. The number of hydrogen-bond donors (Lipinski definition) is 0. The predicted octanol–water partition coefficient (Wildman–Crippen LogP) is 2.17. The molecule has 0 atom stereocenters. The standard InChI is InChI=1S/C8H11Si.2CH3.Li.Zn/c1-9(2)8-6-4-3-5-7-8;;;;/h3-7H,1-2H3;2*1H3;;/q;2*-1;;+2. The van der Waals surface area contributed by atoms with Gasteiger partial charge in [-0.3, -0.25) is 0 Å². The van der Waals surface area contributed by atoms with E-state index in [9.17, 15) is 0 Å². The topological polar surface area (TPSA) is 0 Å². The second kappa shape index (κ2) is 12.7. The molecule has 0 spiro atoms. The Bertz CT molecular complexity index is 178. The fourth-order valence-electron chi connectivity index (χ4n) is 0.771. The van der Waals surface area contributed by atoms with Crippen molar-refractivity contribution in [3.63, 3.8) is 0 Å². The largest absolute Gasteiger partial charge is 2.00 e. The summed E-state index contributed by atoms with van der Waals surface area (Å²) in [6.07, 6.45) is 0. The van der Waals surface area contributed by atoms with E-state index in [0.717, 1.165) is 0 Å². The van der Waals surface area contributed by atoms with Crippen molar-refractivity contribution in [2.24, 2.45) is 0 Å². The van der Waals surface area contributed by atoms with E-state index >= 15 is 0 Å². The molecule has 2 radical (unpaired) electrons. The molecule has 0 aliphatic rings. The summed E-state index contributed by atoms with van der Waals surface area (Å²) < 4.78 is 0. The van der Waals surface area contributed by atoms with Gasteiger partial charge in [0, 0.05) is 18.9 Å². The molecule has 1 rings (SSSR count). The van der Waals surface area contributed by atoms with Crippen LogP contribution in [0.15, 0.2) is 30.3 Å². The van der Waals surface area contributed by atoms with E-state index in [4.69, 9.17) is 0 Å². The van der Waals surface area contributed by atoms with Crippen molar-refractivity contribution in [1.29, 1.82) is 0 Å². The number of benzene rings is 1. The van der Waals surface area contributed by atoms with Crippen LogP contribution in [0.4, 0.5) is 0 Å². The Morgan fingerprint density at radius 3 is 1.54 bits per heavy atom. The molecule has 0 aromatic heterocycles. The molecule has 0 N–H and O–H groups in total. The summed E-state index contributed by atoms with van der Waals surface area (Å²) in [6, 6.07) is 10.7. The van der Waals surface area contributed by atoms with Gasteiger partial charge in [-0.15, -0.1) is 0 Å². The average Bonchev–Trinajstić information content (AvgIpc) is 1.90. The molecule has 13 heavy (non-hydrogen) atoms. The smallest absolute Gasteiger partial charge is 0.358 e. The van der Waals surface area contributed by atoms with E-state index in [0.29, 0.717) is 0 Å². The average molecular weight is 238 g/mol. The fraction of sp³-hybridized carbons (Fsp3) is 0.200. The molecule has 0 amide bonds. The second-order valence-electron chi connectivity index (χ2n) is 2.37. The normalized spacial score (nSPS) is 7.00. The molecular weight excluding hydrogens is 221 g/mol. The summed E-state index contributed by atoms with van der Waals surface area (Å²) in [4.78, 5) is 0. The molecule has 0 fully saturated rings. The Kier molecular flexibility index (Phi) is 22.8. The van der Waals surface area contributed by atoms with E-state index in [2.05, 4.69) is 43.4 Å². The van der Waals surface area contributed by atoms with Crippen LogP contribution >= 0.6 is 0 Å². The third kappa shape index (κ3) is 8.97. The molecule has 0 aliphatic heterocycles. The van der Waals surface area contributed by atoms with Crippen molar-refractivity contribution in [2.75, 3.05) is 0 Å². The molecule has 0 nitrogen and oxygen atoms in total. The van der Waals surface area contributed by atoms with Gasteiger partial charge in [0.15, 0.2) is 0 Å². The van der Waals surface area contributed by atoms with Gasteiger partial charge in [-0.2, -0.15) is 0 Å². The monoisotopic (exact) mass is 236 g/mol. The zero-order valence-corrected chi connectivity index (χ0v) is 13.6. The SMILES string of the molecule is C[Si](C)c1ccccc1.[CH3-].[CH3-].[Li].[Zn+2]. The molecule has 3 heteroatoms. The summed E-state index contributed by atoms with van der Waals surface area (Å²) in [7, 11) is -0.212. The first-order valence-electron chi connectivity index (χ1n) is 3.16. The maximum atomic E-state index is 2.31. The molecule has 0 saturated heterocycles. The van der Waals surface area contributed by atoms with Gasteiger partial charge < -0.3 is 14.9 Å². The Morgan fingerprint density at radius 1 is 0.923 bits per heavy atom. The van der Waals surface area contributed by atoms with Gasteiger partial charge >= 0.3 is 19.5 Å². The maximum Gasteiger partial charge on any atom is 2.00 e. The van der Waals surface area contributed by atoms with Gasteiger partial charge in [0.05, 0.1) is 8.80 Å². The molecule has 0 heterocycles. The third-order valence-corrected chi connectivity index (χ3v) is 2.84. The Hall–Kier alpha value is 0.658. The molecule has 0 unspecified atom stereocenters. The van der Waals surface area contributed by atoms with Crippen LogP contribution in [0.3, 0.4) is 0 Å². The molecule has 0 saturated carbocycles. The zero-order chi connectivity index (χ0) is 6.69. The zero-order valence-electron chi connectivity index (χ0n) is 9.59. The number of rotatable bonds is 1. The first-order valence-corrected chi connectivity index (χ1v) is 5.66. The summed E-state index contributed by atoms with van der Waals surface area (Å²) in [5.74, 6) is 0. The summed E-state index contributed by atoms with van der Waals surface area (Å²) in [6.45, 7) is 4.61. The van der Waals surface area contributed by atoms with Crippen molar-refractivity contribution in [3.05, 3.63) is 45.2 Å². The third-order valence-electron chi connectivity index (χ3n) is 1.35. The Labute approximate surface area is 110 Å². The van der Waals surface area contributed by atoms with Crippen LogP contribution in [-0.4, -0.2) is 27.7 Å². The van der Waals surface area contributed by atoms with Crippen LogP contribution in [0.25, 0.3) is 0 Å². The molecular formula is C10H17LiSiZn. The Balaban J connectivity index is -0.000000101. The molecule has 1 aromatic carbocycles.